The molecule has 1 N–H and O–H groups in total. The van der Waals surface area contributed by atoms with Crippen LogP contribution in [0.1, 0.15) is 40.0 Å². The van der Waals surface area contributed by atoms with Crippen molar-refractivity contribution in [2.24, 2.45) is 4.99 Å². The van der Waals surface area contributed by atoms with Gasteiger partial charge in [-0.05, 0) is 40.2 Å². The summed E-state index contributed by atoms with van der Waals surface area (Å²) in [7, 11) is -1.25. The fourth-order valence-electron chi connectivity index (χ4n) is 3.46. The molecule has 0 saturated carbocycles. The monoisotopic (exact) mass is 472 g/mol. The van der Waals surface area contributed by atoms with Gasteiger partial charge in [-0.15, -0.1) is 24.0 Å². The molecule has 1 unspecified atom stereocenters. The second kappa shape index (κ2) is 9.02. The fraction of sp³-hybridized carbons (Fsp3) is 0.938. The summed E-state index contributed by atoms with van der Waals surface area (Å²) >= 11 is 0. The van der Waals surface area contributed by atoms with E-state index in [-0.39, 0.29) is 29.7 Å². The van der Waals surface area contributed by atoms with E-state index in [1.807, 2.05) is 0 Å². The number of sulfone groups is 1. The molecular weight excluding hydrogens is 439 g/mol. The third-order valence-corrected chi connectivity index (χ3v) is 7.71. The van der Waals surface area contributed by atoms with E-state index in [1.165, 1.54) is 25.8 Å². The summed E-state index contributed by atoms with van der Waals surface area (Å²) in [5.74, 6) is 1.02. The third-order valence-electron chi connectivity index (χ3n) is 5.18. The van der Waals surface area contributed by atoms with Crippen molar-refractivity contribution in [1.29, 1.82) is 0 Å². The van der Waals surface area contributed by atoms with Crippen molar-refractivity contribution in [2.45, 2.75) is 50.8 Å². The fourth-order valence-corrected chi connectivity index (χ4v) is 4.82. The lowest BCUT2D eigenvalue weighted by atomic mass is 10.0. The van der Waals surface area contributed by atoms with Gasteiger partial charge < -0.3 is 10.2 Å². The van der Waals surface area contributed by atoms with E-state index < -0.39 is 14.6 Å². The smallest absolute Gasteiger partial charge is 0.193 e. The zero-order valence-corrected chi connectivity index (χ0v) is 18.6. The quantitative estimate of drug-likeness (QED) is 0.384. The minimum Gasteiger partial charge on any atom is -0.355 e. The molecule has 8 heteroatoms. The van der Waals surface area contributed by atoms with Crippen LogP contribution >= 0.6 is 24.0 Å². The van der Waals surface area contributed by atoms with Crippen molar-refractivity contribution in [1.82, 2.24) is 15.1 Å². The van der Waals surface area contributed by atoms with Crippen molar-refractivity contribution >= 4 is 39.8 Å². The Morgan fingerprint density at radius 3 is 2.58 bits per heavy atom. The lowest BCUT2D eigenvalue weighted by Crippen LogP contribution is -2.57. The number of likely N-dealkylation sites (tertiary alicyclic amines) is 1. The van der Waals surface area contributed by atoms with Gasteiger partial charge in [-0.2, -0.15) is 0 Å². The molecule has 0 spiro atoms. The van der Waals surface area contributed by atoms with Gasteiger partial charge >= 0.3 is 0 Å². The number of aliphatic imine (C=N–C) groups is 1. The minimum absolute atomic E-state index is 0. The first-order valence-corrected chi connectivity index (χ1v) is 10.3. The average molecular weight is 472 g/mol. The maximum Gasteiger partial charge on any atom is 0.193 e. The molecule has 0 aliphatic carbocycles. The lowest BCUT2D eigenvalue weighted by molar-refractivity contribution is 0.163. The van der Waals surface area contributed by atoms with Gasteiger partial charge in [-0.25, -0.2) is 8.42 Å². The van der Waals surface area contributed by atoms with Crippen LogP contribution in [0.3, 0.4) is 0 Å². The highest BCUT2D eigenvalue weighted by Gasteiger charge is 2.40. The normalized spacial score (nSPS) is 27.4. The van der Waals surface area contributed by atoms with Gasteiger partial charge in [-0.3, -0.25) is 9.89 Å². The highest BCUT2D eigenvalue weighted by Crippen LogP contribution is 2.23. The average Bonchev–Trinajstić information content (AvgIpc) is 2.48. The number of nitrogens with zero attached hydrogens (tertiary/aromatic N) is 3. The Balaban J connectivity index is 0.00000288. The predicted molar refractivity (Wildman–Crippen MR) is 111 cm³/mol. The van der Waals surface area contributed by atoms with Crippen LogP contribution in [0, 0.1) is 0 Å². The summed E-state index contributed by atoms with van der Waals surface area (Å²) in [6.45, 7) is 9.95. The second-order valence-electron chi connectivity index (χ2n) is 7.35. The number of guanidine groups is 1. The number of rotatable bonds is 3. The molecule has 2 rings (SSSR count). The molecular formula is C16H33IN4O2S. The van der Waals surface area contributed by atoms with Crippen LogP contribution in [0.2, 0.25) is 0 Å². The number of halogens is 1. The second-order valence-corrected chi connectivity index (χ2v) is 10.1. The Morgan fingerprint density at radius 2 is 2.00 bits per heavy atom. The number of hydrogen-bond acceptors (Lipinski definition) is 4. The predicted octanol–water partition coefficient (Wildman–Crippen LogP) is 1.56. The molecule has 2 heterocycles. The Kier molecular flexibility index (Phi) is 8.25. The minimum atomic E-state index is -3.01. The van der Waals surface area contributed by atoms with Gasteiger partial charge in [0, 0.05) is 39.3 Å². The molecule has 2 aliphatic rings. The van der Waals surface area contributed by atoms with Crippen molar-refractivity contribution in [3.05, 3.63) is 0 Å². The first-order valence-electron chi connectivity index (χ1n) is 8.69. The summed E-state index contributed by atoms with van der Waals surface area (Å²) < 4.78 is 23.5. The van der Waals surface area contributed by atoms with E-state index in [1.54, 1.807) is 20.9 Å². The Hall–Kier alpha value is -0.0900. The van der Waals surface area contributed by atoms with Gasteiger partial charge in [0.05, 0.1) is 10.5 Å². The van der Waals surface area contributed by atoms with Crippen LogP contribution < -0.4 is 5.32 Å². The van der Waals surface area contributed by atoms with Gasteiger partial charge in [0.2, 0.25) is 0 Å². The molecule has 2 fully saturated rings. The van der Waals surface area contributed by atoms with Crippen LogP contribution in [0.25, 0.3) is 0 Å². The van der Waals surface area contributed by atoms with Crippen LogP contribution in [-0.4, -0.2) is 80.5 Å². The zero-order valence-electron chi connectivity index (χ0n) is 15.4. The molecule has 0 aromatic rings. The standard InChI is InChI=1S/C16H32N4O2S.HI/c1-14-7-5-6-9-19(14)10-8-18-15(17-4)20-11-12-23(21,22)16(2,3)13-20;/h14H,5-13H2,1-4H3,(H,17,18);1H. The molecule has 0 aromatic carbocycles. The van der Waals surface area contributed by atoms with E-state index in [2.05, 4.69) is 27.0 Å². The molecule has 24 heavy (non-hydrogen) atoms. The molecule has 0 amide bonds. The van der Waals surface area contributed by atoms with Crippen LogP contribution in [0.4, 0.5) is 0 Å². The van der Waals surface area contributed by atoms with Gasteiger partial charge in [-0.1, -0.05) is 6.42 Å². The molecule has 0 aromatic heterocycles. The van der Waals surface area contributed by atoms with E-state index in [0.717, 1.165) is 19.0 Å². The molecule has 2 aliphatic heterocycles. The van der Waals surface area contributed by atoms with Gasteiger partial charge in [0.15, 0.2) is 15.8 Å². The summed E-state index contributed by atoms with van der Waals surface area (Å²) in [5, 5.41) is 3.41. The highest BCUT2D eigenvalue weighted by atomic mass is 127. The van der Waals surface area contributed by atoms with E-state index >= 15 is 0 Å². The molecule has 0 bridgehead atoms. The topological polar surface area (TPSA) is 65.0 Å². The van der Waals surface area contributed by atoms with Crippen LogP contribution in [-0.2, 0) is 9.84 Å². The summed E-state index contributed by atoms with van der Waals surface area (Å²) in [4.78, 5) is 8.94. The Bertz CT molecular complexity index is 536. The largest absolute Gasteiger partial charge is 0.355 e. The van der Waals surface area contributed by atoms with Crippen molar-refractivity contribution in [3.63, 3.8) is 0 Å². The van der Waals surface area contributed by atoms with Crippen LogP contribution in [0.15, 0.2) is 4.99 Å². The molecule has 142 valence electrons. The Labute approximate surface area is 164 Å². The van der Waals surface area contributed by atoms with Crippen molar-refractivity contribution in [2.75, 3.05) is 45.5 Å². The van der Waals surface area contributed by atoms with Crippen LogP contribution in [0.5, 0.6) is 0 Å². The SMILES string of the molecule is CN=C(NCCN1CCCCC1C)N1CCS(=O)(=O)C(C)(C)C1.I. The number of piperidine rings is 1. The maximum atomic E-state index is 12.1. The van der Waals surface area contributed by atoms with Gasteiger partial charge in [0.1, 0.15) is 0 Å². The highest BCUT2D eigenvalue weighted by molar-refractivity contribution is 14.0. The third kappa shape index (κ3) is 5.20. The van der Waals surface area contributed by atoms with Gasteiger partial charge in [0.25, 0.3) is 0 Å². The van der Waals surface area contributed by atoms with Crippen molar-refractivity contribution in [3.8, 4) is 0 Å². The zero-order chi connectivity index (χ0) is 17.1. The molecule has 1 atom stereocenters. The van der Waals surface area contributed by atoms with E-state index in [0.29, 0.717) is 19.1 Å². The van der Waals surface area contributed by atoms with Crippen molar-refractivity contribution < 1.29 is 8.42 Å². The lowest BCUT2D eigenvalue weighted by Gasteiger charge is -2.39. The Morgan fingerprint density at radius 1 is 1.29 bits per heavy atom. The molecule has 2 saturated heterocycles. The summed E-state index contributed by atoms with van der Waals surface area (Å²) in [6.07, 6.45) is 3.91. The molecule has 0 radical (unpaired) electrons. The van der Waals surface area contributed by atoms with E-state index in [9.17, 15) is 8.42 Å². The first kappa shape index (κ1) is 22.0. The summed E-state index contributed by atoms with van der Waals surface area (Å²) in [6, 6.07) is 0.659. The summed E-state index contributed by atoms with van der Waals surface area (Å²) in [5.41, 5.74) is 0. The maximum absolute atomic E-state index is 12.1. The van der Waals surface area contributed by atoms with E-state index in [4.69, 9.17) is 0 Å². The molecule has 6 nitrogen and oxygen atoms in total. The number of nitrogens with one attached hydrogen (secondary N) is 1. The number of hydrogen-bond donors (Lipinski definition) is 1. The first-order chi connectivity index (χ1) is 10.8.